The first-order valence-corrected chi connectivity index (χ1v) is 13.8. The Morgan fingerprint density at radius 1 is 1.05 bits per heavy atom. The van der Waals surface area contributed by atoms with E-state index in [2.05, 4.69) is 20.5 Å². The van der Waals surface area contributed by atoms with Gasteiger partial charge in [-0.05, 0) is 48.9 Å². The third kappa shape index (κ3) is 6.34. The Bertz CT molecular complexity index is 1640. The number of fused-ring (bicyclic) bond motifs is 1. The molecule has 10 heteroatoms. The van der Waals surface area contributed by atoms with Gasteiger partial charge in [0.2, 0.25) is 5.91 Å². The monoisotopic (exact) mass is 567 g/mol. The number of nitrogens with zero attached hydrogens (tertiary/aromatic N) is 2. The highest BCUT2D eigenvalue weighted by Crippen LogP contribution is 2.33. The van der Waals surface area contributed by atoms with Gasteiger partial charge in [-0.25, -0.2) is 9.79 Å². The topological polar surface area (TPSA) is 136 Å². The Labute approximate surface area is 243 Å². The molecule has 0 radical (unpaired) electrons. The van der Waals surface area contributed by atoms with Crippen LogP contribution >= 0.6 is 0 Å². The van der Waals surface area contributed by atoms with E-state index in [9.17, 15) is 19.5 Å². The second-order valence-electron chi connectivity index (χ2n) is 10.1. The molecule has 10 nitrogen and oxygen atoms in total. The second kappa shape index (κ2) is 12.7. The maximum Gasteiger partial charge on any atom is 0.338 e. The summed E-state index contributed by atoms with van der Waals surface area (Å²) in [7, 11) is 1.33. The number of amides is 2. The van der Waals surface area contributed by atoms with Gasteiger partial charge >= 0.3 is 5.97 Å². The number of nitrogens with one attached hydrogen (secondary N) is 3. The van der Waals surface area contributed by atoms with Crippen molar-refractivity contribution in [2.24, 2.45) is 4.99 Å². The molecule has 3 aromatic carbocycles. The number of carbonyl (C=O) groups is 3. The van der Waals surface area contributed by atoms with Crippen molar-refractivity contribution in [2.45, 2.75) is 13.3 Å². The first-order chi connectivity index (χ1) is 20.3. The minimum Gasteiger partial charge on any atom is -0.494 e. The van der Waals surface area contributed by atoms with Gasteiger partial charge in [-0.1, -0.05) is 30.3 Å². The number of aliphatic imine (C=N–C) groups is 1. The van der Waals surface area contributed by atoms with Crippen LogP contribution in [0.4, 0.5) is 5.69 Å². The highest BCUT2D eigenvalue weighted by Gasteiger charge is 2.21. The fraction of sp³-hybridized carbons (Fsp3) is 0.250. The second-order valence-corrected chi connectivity index (χ2v) is 10.1. The van der Waals surface area contributed by atoms with Gasteiger partial charge in [0.1, 0.15) is 0 Å². The lowest BCUT2D eigenvalue weighted by atomic mass is 9.98. The molecule has 0 saturated carbocycles. The van der Waals surface area contributed by atoms with E-state index in [1.54, 1.807) is 30.3 Å². The summed E-state index contributed by atoms with van der Waals surface area (Å²) >= 11 is 0. The molecular formula is C32H33N5O5. The molecule has 216 valence electrons. The van der Waals surface area contributed by atoms with Crippen LogP contribution in [0.3, 0.4) is 0 Å². The molecule has 4 aromatic rings. The quantitative estimate of drug-likeness (QED) is 0.189. The van der Waals surface area contributed by atoms with Crippen LogP contribution in [0, 0.1) is 6.92 Å². The lowest BCUT2D eigenvalue weighted by molar-refractivity contribution is -0.120. The number of ether oxygens (including phenoxy) is 1. The molecule has 2 heterocycles. The molecule has 0 atom stereocenters. The van der Waals surface area contributed by atoms with Crippen LogP contribution in [-0.2, 0) is 9.53 Å². The molecule has 42 heavy (non-hydrogen) atoms. The summed E-state index contributed by atoms with van der Waals surface area (Å²) in [5, 5.41) is 17.5. The van der Waals surface area contributed by atoms with E-state index in [1.165, 1.54) is 7.11 Å². The molecule has 1 saturated heterocycles. The van der Waals surface area contributed by atoms with Gasteiger partial charge in [0.15, 0.2) is 5.88 Å². The number of hydrogen-bond donors (Lipinski definition) is 4. The van der Waals surface area contributed by atoms with E-state index in [-0.39, 0.29) is 17.7 Å². The van der Waals surface area contributed by atoms with Crippen LogP contribution in [0.25, 0.3) is 10.9 Å². The summed E-state index contributed by atoms with van der Waals surface area (Å²) in [6.45, 7) is 5.01. The Hall–Kier alpha value is -4.96. The van der Waals surface area contributed by atoms with Crippen molar-refractivity contribution < 1.29 is 24.2 Å². The van der Waals surface area contributed by atoms with Crippen molar-refractivity contribution in [3.63, 3.8) is 0 Å². The normalized spacial score (nSPS) is 14.3. The van der Waals surface area contributed by atoms with Gasteiger partial charge in [0.25, 0.3) is 5.91 Å². The number of methoxy groups -OCH3 is 1. The standard InChI is InChI=1S/C32H33N5O5/c1-20-18-25-26(19-24(20)32(41)42-2)36-31(40)28(25)29(21-6-4-3-5-7-21)35-23-10-8-22(9-11-23)30(39)34-14-17-37-15-12-27(38)33-13-16-37/h3-11,18-19,36,40H,12-17H2,1-2H3,(H,33,38)(H,34,39). The van der Waals surface area contributed by atoms with E-state index in [1.807, 2.05) is 43.3 Å². The van der Waals surface area contributed by atoms with Crippen molar-refractivity contribution in [3.05, 3.63) is 94.5 Å². The van der Waals surface area contributed by atoms with Crippen molar-refractivity contribution >= 4 is 40.1 Å². The number of aryl methyl sites for hydroxylation is 1. The molecule has 0 bridgehead atoms. The summed E-state index contributed by atoms with van der Waals surface area (Å²) in [5.41, 5.74) is 4.62. The van der Waals surface area contributed by atoms with E-state index in [0.717, 1.165) is 12.1 Å². The molecule has 0 spiro atoms. The van der Waals surface area contributed by atoms with Crippen LogP contribution in [0.2, 0.25) is 0 Å². The van der Waals surface area contributed by atoms with Crippen LogP contribution in [-0.4, -0.2) is 78.3 Å². The van der Waals surface area contributed by atoms with Crippen molar-refractivity contribution in [1.29, 1.82) is 0 Å². The third-order valence-electron chi connectivity index (χ3n) is 7.30. The predicted molar refractivity (Wildman–Crippen MR) is 161 cm³/mol. The summed E-state index contributed by atoms with van der Waals surface area (Å²) in [4.78, 5) is 46.5. The lowest BCUT2D eigenvalue weighted by Gasteiger charge is -2.18. The molecule has 0 aliphatic carbocycles. The summed E-state index contributed by atoms with van der Waals surface area (Å²) in [5.74, 6) is -0.664. The molecular weight excluding hydrogens is 534 g/mol. The predicted octanol–water partition coefficient (Wildman–Crippen LogP) is 3.69. The molecule has 1 aromatic heterocycles. The van der Waals surface area contributed by atoms with Crippen LogP contribution < -0.4 is 10.6 Å². The minimum absolute atomic E-state index is 0.0578. The first kappa shape index (κ1) is 28.6. The van der Waals surface area contributed by atoms with Gasteiger partial charge in [0.05, 0.1) is 29.6 Å². The number of hydrogen-bond acceptors (Lipinski definition) is 7. The van der Waals surface area contributed by atoms with E-state index >= 15 is 0 Å². The number of aromatic amines is 1. The number of rotatable bonds is 8. The van der Waals surface area contributed by atoms with E-state index in [0.29, 0.717) is 77.2 Å². The van der Waals surface area contributed by atoms with Gasteiger partial charge in [-0.3, -0.25) is 14.5 Å². The maximum absolute atomic E-state index is 12.8. The third-order valence-corrected chi connectivity index (χ3v) is 7.30. The zero-order valence-corrected chi connectivity index (χ0v) is 23.6. The van der Waals surface area contributed by atoms with E-state index in [4.69, 9.17) is 9.73 Å². The zero-order valence-electron chi connectivity index (χ0n) is 23.6. The number of carbonyl (C=O) groups excluding carboxylic acids is 3. The highest BCUT2D eigenvalue weighted by atomic mass is 16.5. The van der Waals surface area contributed by atoms with Gasteiger partial charge in [0, 0.05) is 61.2 Å². The van der Waals surface area contributed by atoms with Crippen molar-refractivity contribution in [1.82, 2.24) is 20.5 Å². The number of esters is 1. The summed E-state index contributed by atoms with van der Waals surface area (Å²) < 4.78 is 4.90. The van der Waals surface area contributed by atoms with Gasteiger partial charge < -0.3 is 25.5 Å². The van der Waals surface area contributed by atoms with E-state index < -0.39 is 5.97 Å². The van der Waals surface area contributed by atoms with Gasteiger partial charge in [-0.15, -0.1) is 0 Å². The lowest BCUT2D eigenvalue weighted by Crippen LogP contribution is -2.36. The Kier molecular flexibility index (Phi) is 8.63. The van der Waals surface area contributed by atoms with Crippen LogP contribution in [0.5, 0.6) is 5.88 Å². The minimum atomic E-state index is -0.457. The zero-order chi connectivity index (χ0) is 29.6. The maximum atomic E-state index is 12.8. The fourth-order valence-corrected chi connectivity index (χ4v) is 5.05. The Morgan fingerprint density at radius 3 is 2.55 bits per heavy atom. The summed E-state index contributed by atoms with van der Waals surface area (Å²) in [6.07, 6.45) is 0.464. The molecule has 2 amide bonds. The first-order valence-electron chi connectivity index (χ1n) is 13.8. The van der Waals surface area contributed by atoms with Crippen LogP contribution in [0.15, 0.2) is 71.7 Å². The number of benzene rings is 3. The highest BCUT2D eigenvalue weighted by molar-refractivity contribution is 6.22. The average Bonchev–Trinajstić information content (AvgIpc) is 3.16. The molecule has 1 aliphatic rings. The Balaban J connectivity index is 1.39. The smallest absolute Gasteiger partial charge is 0.338 e. The number of aromatic nitrogens is 1. The fourth-order valence-electron chi connectivity index (χ4n) is 5.05. The molecule has 1 aliphatic heterocycles. The number of H-pyrrole nitrogens is 1. The summed E-state index contributed by atoms with van der Waals surface area (Å²) in [6, 6.07) is 20.0. The van der Waals surface area contributed by atoms with Crippen LogP contribution in [0.1, 0.15) is 43.8 Å². The van der Waals surface area contributed by atoms with Crippen molar-refractivity contribution in [3.8, 4) is 5.88 Å². The SMILES string of the molecule is COC(=O)c1cc2[nH]c(O)c(C(=Nc3ccc(C(=O)NCCN4CCNC(=O)CC4)cc3)c3ccccc3)c2cc1C. The van der Waals surface area contributed by atoms with Crippen molar-refractivity contribution in [2.75, 3.05) is 39.8 Å². The largest absolute Gasteiger partial charge is 0.494 e. The molecule has 0 unspecified atom stereocenters. The molecule has 1 fully saturated rings. The average molecular weight is 568 g/mol. The Morgan fingerprint density at radius 2 is 1.81 bits per heavy atom. The molecule has 4 N–H and O–H groups in total. The van der Waals surface area contributed by atoms with Gasteiger partial charge in [-0.2, -0.15) is 0 Å². The number of aromatic hydroxyl groups is 1. The molecule has 5 rings (SSSR count).